The van der Waals surface area contributed by atoms with Gasteiger partial charge in [0.1, 0.15) is 5.41 Å². The molecule has 2 amide bonds. The summed E-state index contributed by atoms with van der Waals surface area (Å²) in [6.45, 7) is 5.08. The van der Waals surface area contributed by atoms with Crippen molar-refractivity contribution >= 4 is 34.8 Å². The highest BCUT2D eigenvalue weighted by molar-refractivity contribution is 6.31. The fourth-order valence-electron chi connectivity index (χ4n) is 2.39. The summed E-state index contributed by atoms with van der Waals surface area (Å²) in [7, 11) is 0. The molecular formula is C19H19ClN2O4. The monoisotopic (exact) mass is 374 g/mol. The number of amides is 2. The van der Waals surface area contributed by atoms with Crippen molar-refractivity contribution in [1.29, 1.82) is 0 Å². The number of benzene rings is 2. The predicted molar refractivity (Wildman–Crippen MR) is 99.8 cm³/mol. The highest BCUT2D eigenvalue weighted by Crippen LogP contribution is 2.35. The molecule has 3 rings (SSSR count). The third-order valence-electron chi connectivity index (χ3n) is 4.28. The Hall–Kier alpha value is -2.73. The number of hydrogen-bond acceptors (Lipinski definition) is 4. The van der Waals surface area contributed by atoms with Gasteiger partial charge in [-0.3, -0.25) is 9.59 Å². The minimum atomic E-state index is -1.30. The number of carbonyl (C=O) groups excluding carboxylic acids is 2. The zero-order valence-electron chi connectivity index (χ0n) is 14.7. The first kappa shape index (κ1) is 18.1. The molecule has 0 fully saturated rings. The number of carbonyl (C=O) groups is 2. The molecule has 1 heterocycles. The first-order chi connectivity index (χ1) is 12.3. The molecule has 0 atom stereocenters. The molecule has 0 radical (unpaired) electrons. The number of halogens is 1. The maximum absolute atomic E-state index is 12.7. The second kappa shape index (κ2) is 6.88. The van der Waals surface area contributed by atoms with Crippen LogP contribution in [0.3, 0.4) is 0 Å². The molecule has 2 N–H and O–H groups in total. The largest absolute Gasteiger partial charge is 0.454 e. The first-order valence-corrected chi connectivity index (χ1v) is 8.44. The van der Waals surface area contributed by atoms with Crippen LogP contribution >= 0.6 is 11.6 Å². The minimum absolute atomic E-state index is 0.152. The van der Waals surface area contributed by atoms with Crippen LogP contribution in [0.5, 0.6) is 11.5 Å². The Bertz CT molecular complexity index is 880. The molecule has 26 heavy (non-hydrogen) atoms. The smallest absolute Gasteiger partial charge is 0.239 e. The molecule has 0 spiro atoms. The topological polar surface area (TPSA) is 76.7 Å². The van der Waals surface area contributed by atoms with E-state index < -0.39 is 17.2 Å². The summed E-state index contributed by atoms with van der Waals surface area (Å²) >= 11 is 6.08. The van der Waals surface area contributed by atoms with Crippen LogP contribution in [0, 0.1) is 12.3 Å². The zero-order valence-corrected chi connectivity index (χ0v) is 15.4. The Labute approximate surface area is 156 Å². The second-order valence-corrected chi connectivity index (χ2v) is 6.92. The fraction of sp³-hybridized carbons (Fsp3) is 0.263. The Morgan fingerprint density at radius 2 is 1.73 bits per heavy atom. The number of fused-ring (bicyclic) bond motifs is 1. The minimum Gasteiger partial charge on any atom is -0.454 e. The fourth-order valence-corrected chi connectivity index (χ4v) is 2.56. The van der Waals surface area contributed by atoms with Gasteiger partial charge >= 0.3 is 0 Å². The summed E-state index contributed by atoms with van der Waals surface area (Å²) in [6, 6.07) is 10.3. The van der Waals surface area contributed by atoms with Gasteiger partial charge in [-0.15, -0.1) is 0 Å². The molecule has 0 aliphatic carbocycles. The van der Waals surface area contributed by atoms with Gasteiger partial charge in [-0.2, -0.15) is 0 Å². The predicted octanol–water partition coefficient (Wildman–Crippen LogP) is 3.98. The molecule has 0 saturated carbocycles. The SMILES string of the molecule is Cc1c(Cl)cccc1NC(=O)C(C)(C)C(=O)Nc1ccc2c(c1)OCO2. The molecule has 2 aromatic rings. The van der Waals surface area contributed by atoms with Crippen LogP contribution in [0.2, 0.25) is 5.02 Å². The summed E-state index contributed by atoms with van der Waals surface area (Å²) in [4.78, 5) is 25.3. The van der Waals surface area contributed by atoms with Crippen LogP contribution in [0.15, 0.2) is 36.4 Å². The number of anilines is 2. The summed E-state index contributed by atoms with van der Waals surface area (Å²) in [6.07, 6.45) is 0. The number of ether oxygens (including phenoxy) is 2. The van der Waals surface area contributed by atoms with Gasteiger partial charge in [0, 0.05) is 22.5 Å². The Balaban J connectivity index is 1.73. The van der Waals surface area contributed by atoms with E-state index in [2.05, 4.69) is 10.6 Å². The molecule has 0 saturated heterocycles. The summed E-state index contributed by atoms with van der Waals surface area (Å²) < 4.78 is 10.5. The quantitative estimate of drug-likeness (QED) is 0.793. The van der Waals surface area contributed by atoms with Crippen molar-refractivity contribution in [1.82, 2.24) is 0 Å². The Morgan fingerprint density at radius 1 is 1.04 bits per heavy atom. The van der Waals surface area contributed by atoms with E-state index in [0.717, 1.165) is 5.56 Å². The lowest BCUT2D eigenvalue weighted by Gasteiger charge is -2.23. The lowest BCUT2D eigenvalue weighted by Crippen LogP contribution is -2.41. The van der Waals surface area contributed by atoms with Crippen molar-refractivity contribution in [3.05, 3.63) is 47.0 Å². The third kappa shape index (κ3) is 3.46. The van der Waals surface area contributed by atoms with E-state index in [4.69, 9.17) is 21.1 Å². The van der Waals surface area contributed by atoms with Crippen molar-refractivity contribution in [3.63, 3.8) is 0 Å². The molecule has 0 aromatic heterocycles. The van der Waals surface area contributed by atoms with Gasteiger partial charge in [0.05, 0.1) is 0 Å². The van der Waals surface area contributed by atoms with Crippen LogP contribution in [-0.4, -0.2) is 18.6 Å². The molecule has 2 aromatic carbocycles. The average molecular weight is 375 g/mol. The van der Waals surface area contributed by atoms with E-state index in [1.165, 1.54) is 0 Å². The van der Waals surface area contributed by atoms with E-state index in [-0.39, 0.29) is 6.79 Å². The summed E-state index contributed by atoms with van der Waals surface area (Å²) in [5.41, 5.74) is 0.547. The molecule has 1 aliphatic rings. The van der Waals surface area contributed by atoms with Crippen molar-refractivity contribution in [2.45, 2.75) is 20.8 Å². The number of rotatable bonds is 4. The van der Waals surface area contributed by atoms with Crippen LogP contribution in [0.4, 0.5) is 11.4 Å². The van der Waals surface area contributed by atoms with Crippen LogP contribution in [0.1, 0.15) is 19.4 Å². The maximum atomic E-state index is 12.7. The Morgan fingerprint density at radius 3 is 2.50 bits per heavy atom. The van der Waals surface area contributed by atoms with Crippen molar-refractivity contribution in [3.8, 4) is 11.5 Å². The molecular weight excluding hydrogens is 356 g/mol. The van der Waals surface area contributed by atoms with E-state index in [9.17, 15) is 9.59 Å². The molecule has 1 aliphatic heterocycles. The summed E-state index contributed by atoms with van der Waals surface area (Å²) in [5, 5.41) is 6.06. The molecule has 0 unspecified atom stereocenters. The van der Waals surface area contributed by atoms with Gasteiger partial charge < -0.3 is 20.1 Å². The van der Waals surface area contributed by atoms with Crippen LogP contribution in [0.25, 0.3) is 0 Å². The molecule has 7 heteroatoms. The first-order valence-electron chi connectivity index (χ1n) is 8.06. The van der Waals surface area contributed by atoms with Gasteiger partial charge in [-0.05, 0) is 50.6 Å². The number of nitrogens with one attached hydrogen (secondary N) is 2. The molecule has 136 valence electrons. The van der Waals surface area contributed by atoms with Gasteiger partial charge in [-0.1, -0.05) is 17.7 Å². The normalized spacial score (nSPS) is 12.6. The van der Waals surface area contributed by atoms with Gasteiger partial charge in [0.25, 0.3) is 0 Å². The van der Waals surface area contributed by atoms with E-state index >= 15 is 0 Å². The maximum Gasteiger partial charge on any atom is 0.239 e. The lowest BCUT2D eigenvalue weighted by molar-refractivity contribution is -0.135. The number of hydrogen-bond donors (Lipinski definition) is 2. The van der Waals surface area contributed by atoms with Crippen molar-refractivity contribution in [2.24, 2.45) is 5.41 Å². The second-order valence-electron chi connectivity index (χ2n) is 6.51. The van der Waals surface area contributed by atoms with E-state index in [1.807, 2.05) is 0 Å². The van der Waals surface area contributed by atoms with Crippen LogP contribution in [-0.2, 0) is 9.59 Å². The zero-order chi connectivity index (χ0) is 18.9. The van der Waals surface area contributed by atoms with Gasteiger partial charge in [-0.25, -0.2) is 0 Å². The third-order valence-corrected chi connectivity index (χ3v) is 4.69. The van der Waals surface area contributed by atoms with Gasteiger partial charge in [0.15, 0.2) is 11.5 Å². The van der Waals surface area contributed by atoms with E-state index in [1.54, 1.807) is 57.2 Å². The average Bonchev–Trinajstić information content (AvgIpc) is 3.06. The standard InChI is InChI=1S/C19H19ClN2O4/c1-11-13(20)5-4-6-14(11)22-18(24)19(2,3)17(23)21-12-7-8-15-16(9-12)26-10-25-15/h4-9H,10H2,1-3H3,(H,21,23)(H,22,24). The summed E-state index contributed by atoms with van der Waals surface area (Å²) in [5.74, 6) is 0.311. The Kier molecular flexibility index (Phi) is 4.78. The molecule has 6 nitrogen and oxygen atoms in total. The lowest BCUT2D eigenvalue weighted by atomic mass is 9.90. The van der Waals surface area contributed by atoms with Gasteiger partial charge in [0.2, 0.25) is 18.6 Å². The van der Waals surface area contributed by atoms with Crippen LogP contribution < -0.4 is 20.1 Å². The van der Waals surface area contributed by atoms with Crippen molar-refractivity contribution < 1.29 is 19.1 Å². The van der Waals surface area contributed by atoms with E-state index in [0.29, 0.717) is 27.9 Å². The van der Waals surface area contributed by atoms with Crippen molar-refractivity contribution in [2.75, 3.05) is 17.4 Å². The highest BCUT2D eigenvalue weighted by Gasteiger charge is 2.36. The molecule has 0 bridgehead atoms. The highest BCUT2D eigenvalue weighted by atomic mass is 35.5.